The van der Waals surface area contributed by atoms with Crippen LogP contribution in [0.1, 0.15) is 17.3 Å². The van der Waals surface area contributed by atoms with Crippen LogP contribution in [0.3, 0.4) is 0 Å². The maximum Gasteiger partial charge on any atom is 0.339 e. The zero-order chi connectivity index (χ0) is 12.8. The standard InChI is InChI=1S/C13H19NO3/c1-10(8-14(2)3)9-17-12-7-5-4-6-11(12)13(15)16/h4-7,10H,8-9H2,1-3H3,(H,15,16)/t10-/m1/s1. The van der Waals surface area contributed by atoms with E-state index < -0.39 is 5.97 Å². The SMILES string of the molecule is C[C@@H](COc1ccccc1C(=O)O)CN(C)C. The van der Waals surface area contributed by atoms with E-state index >= 15 is 0 Å². The Kier molecular flexibility index (Phi) is 4.97. The summed E-state index contributed by atoms with van der Waals surface area (Å²) in [4.78, 5) is 13.0. The summed E-state index contributed by atoms with van der Waals surface area (Å²) in [7, 11) is 4.00. The quantitative estimate of drug-likeness (QED) is 0.821. The van der Waals surface area contributed by atoms with E-state index in [1.54, 1.807) is 24.3 Å². The third kappa shape index (κ3) is 4.44. The molecular formula is C13H19NO3. The predicted octanol–water partition coefficient (Wildman–Crippen LogP) is 1.96. The zero-order valence-corrected chi connectivity index (χ0v) is 10.5. The summed E-state index contributed by atoms with van der Waals surface area (Å²) >= 11 is 0. The minimum atomic E-state index is -0.958. The molecule has 0 saturated heterocycles. The number of hydrogen-bond donors (Lipinski definition) is 1. The molecule has 94 valence electrons. The smallest absolute Gasteiger partial charge is 0.339 e. The molecule has 0 aliphatic heterocycles. The predicted molar refractivity (Wildman–Crippen MR) is 66.6 cm³/mol. The summed E-state index contributed by atoms with van der Waals surface area (Å²) in [5.41, 5.74) is 0.213. The van der Waals surface area contributed by atoms with Gasteiger partial charge in [-0.2, -0.15) is 0 Å². The van der Waals surface area contributed by atoms with Gasteiger partial charge in [0.25, 0.3) is 0 Å². The summed E-state index contributed by atoms with van der Waals surface area (Å²) in [6.07, 6.45) is 0. The number of carbonyl (C=O) groups is 1. The van der Waals surface area contributed by atoms with Gasteiger partial charge in [-0.25, -0.2) is 4.79 Å². The average Bonchev–Trinajstić information content (AvgIpc) is 2.25. The molecule has 0 aliphatic carbocycles. The van der Waals surface area contributed by atoms with Crippen LogP contribution < -0.4 is 4.74 Å². The van der Waals surface area contributed by atoms with Gasteiger partial charge in [-0.15, -0.1) is 0 Å². The number of rotatable bonds is 6. The molecule has 1 N–H and O–H groups in total. The first-order valence-corrected chi connectivity index (χ1v) is 5.60. The van der Waals surface area contributed by atoms with E-state index in [4.69, 9.17) is 9.84 Å². The van der Waals surface area contributed by atoms with E-state index in [-0.39, 0.29) is 5.56 Å². The molecule has 1 rings (SSSR count). The lowest BCUT2D eigenvalue weighted by molar-refractivity contribution is 0.0691. The van der Waals surface area contributed by atoms with Gasteiger partial charge < -0.3 is 14.7 Å². The Morgan fingerprint density at radius 2 is 2.06 bits per heavy atom. The van der Waals surface area contributed by atoms with Crippen LogP contribution in [0.2, 0.25) is 0 Å². The minimum absolute atomic E-state index is 0.213. The maximum absolute atomic E-state index is 11.0. The Morgan fingerprint density at radius 1 is 1.41 bits per heavy atom. The second-order valence-electron chi connectivity index (χ2n) is 4.48. The Bertz CT molecular complexity index is 377. The van der Waals surface area contributed by atoms with Crippen molar-refractivity contribution in [3.63, 3.8) is 0 Å². The van der Waals surface area contributed by atoms with Crippen molar-refractivity contribution in [3.8, 4) is 5.75 Å². The second kappa shape index (κ2) is 6.25. The van der Waals surface area contributed by atoms with Crippen LogP contribution in [0.15, 0.2) is 24.3 Å². The van der Waals surface area contributed by atoms with Gasteiger partial charge in [0.05, 0.1) is 6.61 Å². The van der Waals surface area contributed by atoms with E-state index in [0.717, 1.165) is 6.54 Å². The number of aromatic carboxylic acids is 1. The van der Waals surface area contributed by atoms with Gasteiger partial charge in [0.15, 0.2) is 0 Å². The Morgan fingerprint density at radius 3 is 2.65 bits per heavy atom. The molecule has 0 saturated carbocycles. The summed E-state index contributed by atoms with van der Waals surface area (Å²) < 4.78 is 5.55. The van der Waals surface area contributed by atoms with Crippen LogP contribution in [0.5, 0.6) is 5.75 Å². The second-order valence-corrected chi connectivity index (χ2v) is 4.48. The van der Waals surface area contributed by atoms with Crippen LogP contribution in [-0.4, -0.2) is 43.2 Å². The maximum atomic E-state index is 11.0. The molecule has 1 aromatic rings. The lowest BCUT2D eigenvalue weighted by Crippen LogP contribution is -2.24. The molecule has 0 unspecified atom stereocenters. The van der Waals surface area contributed by atoms with Crippen LogP contribution >= 0.6 is 0 Å². The molecule has 4 nitrogen and oxygen atoms in total. The van der Waals surface area contributed by atoms with E-state index in [9.17, 15) is 4.79 Å². The third-order valence-electron chi connectivity index (χ3n) is 2.32. The lowest BCUT2D eigenvalue weighted by Gasteiger charge is -2.18. The van der Waals surface area contributed by atoms with Crippen molar-refractivity contribution < 1.29 is 14.6 Å². The van der Waals surface area contributed by atoms with E-state index in [0.29, 0.717) is 18.3 Å². The van der Waals surface area contributed by atoms with Gasteiger partial charge in [0, 0.05) is 12.5 Å². The van der Waals surface area contributed by atoms with E-state index in [1.165, 1.54) is 0 Å². The first-order chi connectivity index (χ1) is 8.00. The van der Waals surface area contributed by atoms with Crippen molar-refractivity contribution in [3.05, 3.63) is 29.8 Å². The summed E-state index contributed by atoms with van der Waals surface area (Å²) in [6, 6.07) is 6.71. The van der Waals surface area contributed by atoms with Crippen LogP contribution in [-0.2, 0) is 0 Å². The Balaban J connectivity index is 2.60. The fraction of sp³-hybridized carbons (Fsp3) is 0.462. The highest BCUT2D eigenvalue weighted by molar-refractivity contribution is 5.90. The van der Waals surface area contributed by atoms with E-state index in [1.807, 2.05) is 14.1 Å². The summed E-state index contributed by atoms with van der Waals surface area (Å²) in [6.45, 7) is 3.50. The van der Waals surface area contributed by atoms with Crippen LogP contribution in [0.25, 0.3) is 0 Å². The van der Waals surface area contributed by atoms with Crippen molar-refractivity contribution in [2.24, 2.45) is 5.92 Å². The normalized spacial score (nSPS) is 12.5. The number of carboxylic acid groups (broad SMARTS) is 1. The topological polar surface area (TPSA) is 49.8 Å². The molecule has 0 radical (unpaired) electrons. The molecule has 1 atom stereocenters. The van der Waals surface area contributed by atoms with Crippen molar-refractivity contribution in [2.45, 2.75) is 6.92 Å². The highest BCUT2D eigenvalue weighted by Crippen LogP contribution is 2.18. The highest BCUT2D eigenvalue weighted by Gasteiger charge is 2.11. The van der Waals surface area contributed by atoms with Crippen molar-refractivity contribution >= 4 is 5.97 Å². The summed E-state index contributed by atoms with van der Waals surface area (Å²) in [5.74, 6) is -0.168. The number of ether oxygens (including phenoxy) is 1. The van der Waals surface area contributed by atoms with Gasteiger partial charge in [-0.05, 0) is 26.2 Å². The van der Waals surface area contributed by atoms with Gasteiger partial charge in [-0.3, -0.25) is 0 Å². The number of para-hydroxylation sites is 1. The average molecular weight is 237 g/mol. The number of nitrogens with zero attached hydrogens (tertiary/aromatic N) is 1. The molecule has 0 aliphatic rings. The Labute approximate surface area is 102 Å². The third-order valence-corrected chi connectivity index (χ3v) is 2.32. The van der Waals surface area contributed by atoms with Gasteiger partial charge in [-0.1, -0.05) is 19.1 Å². The molecule has 0 aromatic heterocycles. The highest BCUT2D eigenvalue weighted by atomic mass is 16.5. The minimum Gasteiger partial charge on any atom is -0.492 e. The lowest BCUT2D eigenvalue weighted by atomic mass is 10.2. The molecule has 0 spiro atoms. The molecule has 4 heteroatoms. The van der Waals surface area contributed by atoms with E-state index in [2.05, 4.69) is 11.8 Å². The molecule has 0 fully saturated rings. The zero-order valence-electron chi connectivity index (χ0n) is 10.5. The number of hydrogen-bond acceptors (Lipinski definition) is 3. The number of benzene rings is 1. The molecule has 1 aromatic carbocycles. The molecule has 0 bridgehead atoms. The van der Waals surface area contributed by atoms with Gasteiger partial charge in [0.2, 0.25) is 0 Å². The van der Waals surface area contributed by atoms with Gasteiger partial charge in [0.1, 0.15) is 11.3 Å². The van der Waals surface area contributed by atoms with Crippen molar-refractivity contribution in [1.82, 2.24) is 4.90 Å². The van der Waals surface area contributed by atoms with Crippen LogP contribution in [0.4, 0.5) is 0 Å². The summed E-state index contributed by atoms with van der Waals surface area (Å²) in [5, 5.41) is 8.99. The van der Waals surface area contributed by atoms with Crippen molar-refractivity contribution in [2.75, 3.05) is 27.2 Å². The molecule has 17 heavy (non-hydrogen) atoms. The molecule has 0 amide bonds. The molecular weight excluding hydrogens is 218 g/mol. The first kappa shape index (κ1) is 13.5. The number of carboxylic acids is 1. The monoisotopic (exact) mass is 237 g/mol. The fourth-order valence-electron chi connectivity index (χ4n) is 1.68. The van der Waals surface area contributed by atoms with Crippen molar-refractivity contribution in [1.29, 1.82) is 0 Å². The molecule has 0 heterocycles. The van der Waals surface area contributed by atoms with Crippen LogP contribution in [0, 0.1) is 5.92 Å². The Hall–Kier alpha value is -1.55. The first-order valence-electron chi connectivity index (χ1n) is 5.60. The van der Waals surface area contributed by atoms with Gasteiger partial charge >= 0.3 is 5.97 Å². The largest absolute Gasteiger partial charge is 0.492 e. The fourth-order valence-corrected chi connectivity index (χ4v) is 1.68.